The Morgan fingerprint density at radius 2 is 1.81 bits per heavy atom. The average Bonchev–Trinajstić information content (AvgIpc) is 2.89. The molecule has 188 valence electrons. The second-order valence-electron chi connectivity index (χ2n) is 9.65. The van der Waals surface area contributed by atoms with Crippen LogP contribution in [-0.2, 0) is 13.1 Å². The van der Waals surface area contributed by atoms with Crippen LogP contribution in [-0.4, -0.2) is 67.8 Å². The molecule has 1 fully saturated rings. The van der Waals surface area contributed by atoms with Crippen LogP contribution in [0.1, 0.15) is 30.9 Å². The third-order valence-electron chi connectivity index (χ3n) is 7.24. The summed E-state index contributed by atoms with van der Waals surface area (Å²) in [5.41, 5.74) is 3.10. The SMILES string of the molecule is [B]N(Cc1ccc2c(c1)OCCO2)C1CCN(CCn2c(=O)cc(C)c3ccc(OCC)cc32)CC1. The molecule has 1 aromatic heterocycles. The van der Waals surface area contributed by atoms with E-state index in [9.17, 15) is 4.79 Å². The molecule has 0 amide bonds. The quantitative estimate of drug-likeness (QED) is 0.454. The summed E-state index contributed by atoms with van der Waals surface area (Å²) in [5.74, 6) is 2.40. The molecule has 0 N–H and O–H groups in total. The van der Waals surface area contributed by atoms with Crippen molar-refractivity contribution in [1.82, 2.24) is 14.3 Å². The number of nitrogens with zero attached hydrogens (tertiary/aromatic N) is 3. The summed E-state index contributed by atoms with van der Waals surface area (Å²) in [4.78, 5) is 17.2. The van der Waals surface area contributed by atoms with Gasteiger partial charge in [-0.05, 0) is 75.2 Å². The molecule has 5 rings (SSSR count). The number of aromatic nitrogens is 1. The van der Waals surface area contributed by atoms with Crippen LogP contribution in [0.25, 0.3) is 10.9 Å². The molecule has 3 heterocycles. The first kappa shape index (κ1) is 24.7. The molecule has 0 saturated carbocycles. The average molecular weight is 487 g/mol. The Labute approximate surface area is 214 Å². The number of hydrogen-bond donors (Lipinski definition) is 0. The summed E-state index contributed by atoms with van der Waals surface area (Å²) in [7, 11) is 6.49. The van der Waals surface area contributed by atoms with Gasteiger partial charge in [0.2, 0.25) is 0 Å². The maximum Gasteiger partial charge on any atom is 0.251 e. The maximum absolute atomic E-state index is 12.9. The van der Waals surface area contributed by atoms with Gasteiger partial charge in [0.15, 0.2) is 19.5 Å². The molecular formula is C28H34BN3O4. The van der Waals surface area contributed by atoms with Gasteiger partial charge in [0, 0.05) is 43.2 Å². The molecule has 0 unspecified atom stereocenters. The van der Waals surface area contributed by atoms with E-state index < -0.39 is 0 Å². The zero-order chi connectivity index (χ0) is 25.1. The molecule has 2 aromatic carbocycles. The Balaban J connectivity index is 1.18. The monoisotopic (exact) mass is 487 g/mol. The zero-order valence-corrected chi connectivity index (χ0v) is 21.2. The predicted molar refractivity (Wildman–Crippen MR) is 142 cm³/mol. The van der Waals surface area contributed by atoms with Gasteiger partial charge in [0.25, 0.3) is 5.56 Å². The highest BCUT2D eigenvalue weighted by molar-refractivity contribution is 6.04. The van der Waals surface area contributed by atoms with Crippen molar-refractivity contribution in [3.8, 4) is 17.2 Å². The Morgan fingerprint density at radius 3 is 2.58 bits per heavy atom. The molecule has 2 aliphatic heterocycles. The van der Waals surface area contributed by atoms with E-state index in [1.54, 1.807) is 6.07 Å². The van der Waals surface area contributed by atoms with Crippen molar-refractivity contribution in [1.29, 1.82) is 0 Å². The van der Waals surface area contributed by atoms with Crippen LogP contribution < -0.4 is 19.8 Å². The molecule has 0 aliphatic carbocycles. The third-order valence-corrected chi connectivity index (χ3v) is 7.24. The first-order valence-corrected chi connectivity index (χ1v) is 12.9. The summed E-state index contributed by atoms with van der Waals surface area (Å²) in [6.45, 7) is 9.81. The van der Waals surface area contributed by atoms with Crippen LogP contribution in [0.3, 0.4) is 0 Å². The van der Waals surface area contributed by atoms with E-state index in [2.05, 4.69) is 17.0 Å². The maximum atomic E-state index is 12.9. The van der Waals surface area contributed by atoms with Crippen molar-refractivity contribution >= 4 is 18.9 Å². The number of aryl methyl sites for hydroxylation is 1. The van der Waals surface area contributed by atoms with Gasteiger partial charge in [-0.1, -0.05) is 6.07 Å². The Hall–Kier alpha value is -2.97. The molecule has 8 heteroatoms. The summed E-state index contributed by atoms with van der Waals surface area (Å²) >= 11 is 0. The van der Waals surface area contributed by atoms with Crippen molar-refractivity contribution in [2.45, 2.75) is 45.8 Å². The topological polar surface area (TPSA) is 56.2 Å². The number of pyridine rings is 1. The highest BCUT2D eigenvalue weighted by Crippen LogP contribution is 2.31. The Bertz CT molecular complexity index is 1270. The molecule has 0 atom stereocenters. The lowest BCUT2D eigenvalue weighted by atomic mass is 9.99. The van der Waals surface area contributed by atoms with Crippen LogP contribution in [0.5, 0.6) is 17.2 Å². The predicted octanol–water partition coefficient (Wildman–Crippen LogP) is 3.53. The number of fused-ring (bicyclic) bond motifs is 2. The van der Waals surface area contributed by atoms with E-state index in [1.165, 1.54) is 0 Å². The highest BCUT2D eigenvalue weighted by atomic mass is 16.6. The number of likely N-dealkylation sites (tertiary alicyclic amines) is 1. The Morgan fingerprint density at radius 1 is 1.03 bits per heavy atom. The molecule has 0 bridgehead atoms. The first-order valence-electron chi connectivity index (χ1n) is 12.9. The minimum absolute atomic E-state index is 0.0381. The van der Waals surface area contributed by atoms with E-state index in [4.69, 9.17) is 22.2 Å². The highest BCUT2D eigenvalue weighted by Gasteiger charge is 2.23. The molecular weight excluding hydrogens is 453 g/mol. The van der Waals surface area contributed by atoms with Gasteiger partial charge in [-0.25, -0.2) is 0 Å². The van der Waals surface area contributed by atoms with Gasteiger partial charge in [0.05, 0.1) is 12.1 Å². The lowest BCUT2D eigenvalue weighted by molar-refractivity contribution is 0.153. The number of piperidine rings is 1. The molecule has 3 aromatic rings. The van der Waals surface area contributed by atoms with Gasteiger partial charge in [0.1, 0.15) is 19.0 Å². The largest absolute Gasteiger partial charge is 0.494 e. The fraction of sp³-hybridized carbons (Fsp3) is 0.464. The molecule has 1 saturated heterocycles. The van der Waals surface area contributed by atoms with E-state index in [1.807, 2.05) is 47.5 Å². The van der Waals surface area contributed by atoms with E-state index in [0.717, 1.165) is 71.8 Å². The van der Waals surface area contributed by atoms with Crippen molar-refractivity contribution < 1.29 is 14.2 Å². The number of rotatable bonds is 8. The van der Waals surface area contributed by atoms with Gasteiger partial charge >= 0.3 is 0 Å². The van der Waals surface area contributed by atoms with E-state index in [-0.39, 0.29) is 5.56 Å². The second kappa shape index (κ2) is 11.0. The standard InChI is InChI=1S/C28H34BN3O4/c1-3-34-23-5-6-24-20(2)16-28(33)31(25(24)18-23)13-12-30-10-8-22(9-11-30)32(29)19-21-4-7-26-27(17-21)36-15-14-35-26/h4-7,16-18,22H,3,8-15,19H2,1-2H3. The number of hydrogen-bond acceptors (Lipinski definition) is 6. The van der Waals surface area contributed by atoms with Crippen molar-refractivity contribution in [3.63, 3.8) is 0 Å². The second-order valence-corrected chi connectivity index (χ2v) is 9.65. The smallest absolute Gasteiger partial charge is 0.251 e. The molecule has 7 nitrogen and oxygen atoms in total. The summed E-state index contributed by atoms with van der Waals surface area (Å²) in [6, 6.07) is 14.1. The number of ether oxygens (including phenoxy) is 3. The molecule has 36 heavy (non-hydrogen) atoms. The first-order chi connectivity index (χ1) is 17.5. The van der Waals surface area contributed by atoms with Crippen molar-refractivity contribution in [3.05, 3.63) is 63.9 Å². The van der Waals surface area contributed by atoms with Gasteiger partial charge in [-0.2, -0.15) is 0 Å². The summed E-state index contributed by atoms with van der Waals surface area (Å²) in [5, 5.41) is 1.09. The van der Waals surface area contributed by atoms with Gasteiger partial charge < -0.3 is 28.5 Å². The lowest BCUT2D eigenvalue weighted by Crippen LogP contribution is -2.44. The van der Waals surface area contributed by atoms with Crippen molar-refractivity contribution in [2.75, 3.05) is 39.5 Å². The fourth-order valence-corrected chi connectivity index (χ4v) is 5.26. The van der Waals surface area contributed by atoms with E-state index >= 15 is 0 Å². The molecule has 0 spiro atoms. The fourth-order valence-electron chi connectivity index (χ4n) is 5.26. The summed E-state index contributed by atoms with van der Waals surface area (Å²) < 4.78 is 18.9. The minimum Gasteiger partial charge on any atom is -0.494 e. The normalized spacial score (nSPS) is 16.5. The third kappa shape index (κ3) is 5.40. The van der Waals surface area contributed by atoms with Crippen LogP contribution in [0.4, 0.5) is 0 Å². The van der Waals surface area contributed by atoms with Gasteiger partial charge in [-0.15, -0.1) is 0 Å². The summed E-state index contributed by atoms with van der Waals surface area (Å²) in [6.07, 6.45) is 2.00. The molecule has 2 aliphatic rings. The zero-order valence-electron chi connectivity index (χ0n) is 21.2. The van der Waals surface area contributed by atoms with E-state index in [0.29, 0.717) is 39.0 Å². The van der Waals surface area contributed by atoms with Crippen LogP contribution in [0.2, 0.25) is 0 Å². The van der Waals surface area contributed by atoms with Crippen LogP contribution >= 0.6 is 0 Å². The van der Waals surface area contributed by atoms with Gasteiger partial charge in [-0.3, -0.25) is 4.79 Å². The lowest BCUT2D eigenvalue weighted by Gasteiger charge is -2.37. The minimum atomic E-state index is 0.0381. The van der Waals surface area contributed by atoms with Crippen molar-refractivity contribution in [2.24, 2.45) is 0 Å². The number of benzene rings is 2. The van der Waals surface area contributed by atoms with Crippen LogP contribution in [0.15, 0.2) is 47.3 Å². The Kier molecular flexibility index (Phi) is 7.53. The van der Waals surface area contributed by atoms with Crippen LogP contribution in [0, 0.1) is 6.92 Å². The molecule has 2 radical (unpaired) electrons.